The molecule has 0 aliphatic carbocycles. The fraction of sp³-hybridized carbons (Fsp3) is 0.450. The van der Waals surface area contributed by atoms with Crippen molar-refractivity contribution in [1.82, 2.24) is 20.0 Å². The highest BCUT2D eigenvalue weighted by Crippen LogP contribution is 2.21. The number of β-amino-alcohol motifs (C(OH)–C–C–N with tert-alkyl or cyclic N) is 1. The van der Waals surface area contributed by atoms with Gasteiger partial charge in [0.05, 0.1) is 23.5 Å². The SMILES string of the molecule is CC(=O)N1C[C@H](O)C[C@@H]1C(=O)NC(C)c1ccc(-n2nc(C)cc2C)cc1. The summed E-state index contributed by atoms with van der Waals surface area (Å²) in [5.74, 6) is -0.439. The van der Waals surface area contributed by atoms with Crippen molar-refractivity contribution >= 4 is 11.8 Å². The van der Waals surface area contributed by atoms with Crippen LogP contribution in [0.5, 0.6) is 0 Å². The number of hydrogen-bond acceptors (Lipinski definition) is 4. The Morgan fingerprint density at radius 3 is 2.48 bits per heavy atom. The molecule has 0 bridgehead atoms. The summed E-state index contributed by atoms with van der Waals surface area (Å²) < 4.78 is 1.88. The molecule has 7 heteroatoms. The van der Waals surface area contributed by atoms with Gasteiger partial charge in [-0.25, -0.2) is 4.68 Å². The van der Waals surface area contributed by atoms with Crippen molar-refractivity contribution in [2.75, 3.05) is 6.54 Å². The fourth-order valence-corrected chi connectivity index (χ4v) is 3.60. The molecule has 7 nitrogen and oxygen atoms in total. The number of amides is 2. The van der Waals surface area contributed by atoms with E-state index in [4.69, 9.17) is 0 Å². The van der Waals surface area contributed by atoms with Gasteiger partial charge in [0.1, 0.15) is 6.04 Å². The van der Waals surface area contributed by atoms with E-state index in [2.05, 4.69) is 10.4 Å². The second kappa shape index (κ2) is 7.52. The Bertz CT molecular complexity index is 843. The Labute approximate surface area is 159 Å². The molecule has 1 aliphatic heterocycles. The monoisotopic (exact) mass is 370 g/mol. The van der Waals surface area contributed by atoms with E-state index in [1.165, 1.54) is 11.8 Å². The number of likely N-dealkylation sites (tertiary alicyclic amines) is 1. The van der Waals surface area contributed by atoms with Gasteiger partial charge in [0, 0.05) is 25.6 Å². The topological polar surface area (TPSA) is 87.5 Å². The highest BCUT2D eigenvalue weighted by molar-refractivity contribution is 5.87. The van der Waals surface area contributed by atoms with Crippen LogP contribution in [0.1, 0.15) is 43.3 Å². The van der Waals surface area contributed by atoms with Crippen LogP contribution in [-0.2, 0) is 9.59 Å². The van der Waals surface area contributed by atoms with Crippen LogP contribution in [0.25, 0.3) is 5.69 Å². The minimum atomic E-state index is -0.653. The van der Waals surface area contributed by atoms with Crippen LogP contribution in [0.4, 0.5) is 0 Å². The number of aromatic nitrogens is 2. The van der Waals surface area contributed by atoms with Crippen molar-refractivity contribution in [2.45, 2.75) is 52.3 Å². The number of hydrogen-bond donors (Lipinski definition) is 2. The van der Waals surface area contributed by atoms with Crippen molar-refractivity contribution in [3.63, 3.8) is 0 Å². The molecule has 27 heavy (non-hydrogen) atoms. The van der Waals surface area contributed by atoms with Gasteiger partial charge in [0.25, 0.3) is 0 Å². The molecule has 144 valence electrons. The Morgan fingerprint density at radius 1 is 1.26 bits per heavy atom. The lowest BCUT2D eigenvalue weighted by molar-refractivity contribution is -0.137. The molecular formula is C20H26N4O3. The number of carbonyl (C=O) groups is 2. The van der Waals surface area contributed by atoms with Crippen molar-refractivity contribution in [3.8, 4) is 5.69 Å². The van der Waals surface area contributed by atoms with E-state index < -0.39 is 12.1 Å². The largest absolute Gasteiger partial charge is 0.391 e. The number of aliphatic hydroxyl groups excluding tert-OH is 1. The van der Waals surface area contributed by atoms with Crippen LogP contribution in [0, 0.1) is 13.8 Å². The van der Waals surface area contributed by atoms with Gasteiger partial charge in [-0.1, -0.05) is 12.1 Å². The Hall–Kier alpha value is -2.67. The number of aryl methyl sites for hydroxylation is 2. The lowest BCUT2D eigenvalue weighted by atomic mass is 10.1. The van der Waals surface area contributed by atoms with Gasteiger partial charge in [-0.3, -0.25) is 9.59 Å². The van der Waals surface area contributed by atoms with Crippen LogP contribution >= 0.6 is 0 Å². The van der Waals surface area contributed by atoms with Crippen LogP contribution in [0.15, 0.2) is 30.3 Å². The van der Waals surface area contributed by atoms with Crippen LogP contribution in [0.3, 0.4) is 0 Å². The fourth-order valence-electron chi connectivity index (χ4n) is 3.60. The molecule has 1 unspecified atom stereocenters. The zero-order valence-electron chi connectivity index (χ0n) is 16.1. The summed E-state index contributed by atoms with van der Waals surface area (Å²) in [6, 6.07) is 9.06. The number of carbonyl (C=O) groups excluding carboxylic acids is 2. The highest BCUT2D eigenvalue weighted by Gasteiger charge is 2.37. The van der Waals surface area contributed by atoms with E-state index >= 15 is 0 Å². The minimum Gasteiger partial charge on any atom is -0.391 e. The lowest BCUT2D eigenvalue weighted by Gasteiger charge is -2.24. The molecule has 2 aromatic rings. The smallest absolute Gasteiger partial charge is 0.243 e. The van der Waals surface area contributed by atoms with Crippen LogP contribution < -0.4 is 5.32 Å². The van der Waals surface area contributed by atoms with E-state index in [1.54, 1.807) is 0 Å². The molecule has 2 amide bonds. The van der Waals surface area contributed by atoms with Crippen molar-refractivity contribution < 1.29 is 14.7 Å². The van der Waals surface area contributed by atoms with Gasteiger partial charge >= 0.3 is 0 Å². The van der Waals surface area contributed by atoms with Crippen LogP contribution in [0.2, 0.25) is 0 Å². The normalized spacial score (nSPS) is 20.6. The zero-order valence-corrected chi connectivity index (χ0v) is 16.1. The minimum absolute atomic E-state index is 0.200. The van der Waals surface area contributed by atoms with Gasteiger partial charge in [-0.05, 0) is 44.5 Å². The van der Waals surface area contributed by atoms with Gasteiger partial charge in [-0.2, -0.15) is 5.10 Å². The van der Waals surface area contributed by atoms with Crippen molar-refractivity contribution in [3.05, 3.63) is 47.3 Å². The lowest BCUT2D eigenvalue weighted by Crippen LogP contribution is -2.45. The van der Waals surface area contributed by atoms with Gasteiger partial charge in [-0.15, -0.1) is 0 Å². The zero-order chi connectivity index (χ0) is 19.7. The predicted octanol–water partition coefficient (Wildman–Crippen LogP) is 1.65. The first kappa shape index (κ1) is 19.1. The summed E-state index contributed by atoms with van der Waals surface area (Å²) in [6.07, 6.45) is -0.380. The summed E-state index contributed by atoms with van der Waals surface area (Å²) in [6.45, 7) is 7.49. The molecule has 2 heterocycles. The van der Waals surface area contributed by atoms with Crippen molar-refractivity contribution in [1.29, 1.82) is 0 Å². The number of nitrogens with one attached hydrogen (secondary N) is 1. The average Bonchev–Trinajstić information content (AvgIpc) is 3.17. The molecule has 1 aromatic heterocycles. The number of nitrogens with zero attached hydrogens (tertiary/aromatic N) is 3. The first-order valence-corrected chi connectivity index (χ1v) is 9.15. The molecule has 0 radical (unpaired) electrons. The first-order valence-electron chi connectivity index (χ1n) is 9.15. The molecule has 3 rings (SSSR count). The Morgan fingerprint density at radius 2 is 1.93 bits per heavy atom. The van der Waals surface area contributed by atoms with Crippen LogP contribution in [-0.4, -0.2) is 50.3 Å². The van der Waals surface area contributed by atoms with Gasteiger partial charge < -0.3 is 15.3 Å². The summed E-state index contributed by atoms with van der Waals surface area (Å²) in [7, 11) is 0. The average molecular weight is 370 g/mol. The van der Waals surface area contributed by atoms with Gasteiger partial charge in [0.2, 0.25) is 11.8 Å². The molecule has 1 saturated heterocycles. The van der Waals surface area contributed by atoms with E-state index in [0.717, 1.165) is 22.6 Å². The molecule has 1 aromatic carbocycles. The Balaban J connectivity index is 1.69. The Kier molecular flexibility index (Phi) is 5.32. The molecule has 0 spiro atoms. The predicted molar refractivity (Wildman–Crippen MR) is 101 cm³/mol. The summed E-state index contributed by atoms with van der Waals surface area (Å²) in [4.78, 5) is 25.7. The van der Waals surface area contributed by atoms with E-state index in [1.807, 2.05) is 55.8 Å². The maximum atomic E-state index is 12.6. The molecule has 3 atom stereocenters. The maximum Gasteiger partial charge on any atom is 0.243 e. The number of aliphatic hydroxyl groups is 1. The molecule has 1 fully saturated rings. The van der Waals surface area contributed by atoms with Crippen molar-refractivity contribution in [2.24, 2.45) is 0 Å². The first-order chi connectivity index (χ1) is 12.8. The van der Waals surface area contributed by atoms with E-state index in [9.17, 15) is 14.7 Å². The third-order valence-corrected chi connectivity index (χ3v) is 4.99. The summed E-state index contributed by atoms with van der Waals surface area (Å²) in [5, 5.41) is 17.2. The third-order valence-electron chi connectivity index (χ3n) is 4.99. The summed E-state index contributed by atoms with van der Waals surface area (Å²) in [5.41, 5.74) is 3.95. The summed E-state index contributed by atoms with van der Waals surface area (Å²) >= 11 is 0. The third kappa shape index (κ3) is 4.03. The van der Waals surface area contributed by atoms with E-state index in [-0.39, 0.29) is 30.8 Å². The molecule has 2 N–H and O–H groups in total. The number of benzene rings is 1. The standard InChI is InChI=1S/C20H26N4O3/c1-12-9-13(2)24(22-12)17-7-5-16(6-8-17)14(3)21-20(27)19-10-18(26)11-23(19)15(4)25/h5-9,14,18-19,26H,10-11H2,1-4H3,(H,21,27)/t14?,18-,19-/m1/s1. The number of rotatable bonds is 4. The molecule has 0 saturated carbocycles. The van der Waals surface area contributed by atoms with E-state index in [0.29, 0.717) is 0 Å². The highest BCUT2D eigenvalue weighted by atomic mass is 16.3. The quantitative estimate of drug-likeness (QED) is 0.857. The van der Waals surface area contributed by atoms with Gasteiger partial charge in [0.15, 0.2) is 0 Å². The second-order valence-corrected chi connectivity index (χ2v) is 7.24. The molecule has 1 aliphatic rings. The molecular weight excluding hydrogens is 344 g/mol. The second-order valence-electron chi connectivity index (χ2n) is 7.24. The maximum absolute atomic E-state index is 12.6.